The van der Waals surface area contributed by atoms with Crippen molar-refractivity contribution in [2.24, 2.45) is 0 Å². The number of fused-ring (bicyclic) bond motifs is 2. The Balaban J connectivity index is 1.33. The van der Waals surface area contributed by atoms with E-state index in [1.54, 1.807) is 0 Å². The molecule has 2 saturated heterocycles. The van der Waals surface area contributed by atoms with Crippen LogP contribution in [-0.2, 0) is 29.0 Å². The highest BCUT2D eigenvalue weighted by Crippen LogP contribution is 2.45. The van der Waals surface area contributed by atoms with Crippen molar-refractivity contribution >= 4 is 22.8 Å². The highest BCUT2D eigenvalue weighted by molar-refractivity contribution is 5.89. The van der Waals surface area contributed by atoms with Gasteiger partial charge in [-0.2, -0.15) is 5.10 Å². The summed E-state index contributed by atoms with van der Waals surface area (Å²) < 4.78 is 19.6. The monoisotopic (exact) mass is 659 g/mol. The Hall–Kier alpha value is -4.86. The average Bonchev–Trinajstić information content (AvgIpc) is 3.62. The van der Waals surface area contributed by atoms with E-state index in [1.807, 2.05) is 90.4 Å². The maximum absolute atomic E-state index is 15.3. The molecule has 49 heavy (non-hydrogen) atoms. The first-order valence-electron chi connectivity index (χ1n) is 17.3. The van der Waals surface area contributed by atoms with Crippen LogP contribution in [0.2, 0.25) is 0 Å². The summed E-state index contributed by atoms with van der Waals surface area (Å²) in [4.78, 5) is 19.3. The number of urea groups is 1. The Labute approximate surface area is 288 Å². The van der Waals surface area contributed by atoms with Crippen molar-refractivity contribution in [3.05, 3.63) is 125 Å². The first kappa shape index (κ1) is 32.7. The molecule has 2 fully saturated rings. The number of aromatic nitrogens is 2. The first-order chi connectivity index (χ1) is 23.8. The lowest BCUT2D eigenvalue weighted by molar-refractivity contribution is -0.158. The topological polar surface area (TPSA) is 106 Å². The average molecular weight is 660 g/mol. The standard InChI is InChI=1S/C40H45N5O4/c1-4-5-22-47-31-19-16-28(17-20-31)25-45-35(30-14-10-7-11-15-30)37-36(48-40(2,3)49-37)34(24-27-12-8-6-9-13-27)44(39(45)46)26-29-18-21-33-32(23-29)38(41)43-42-33/h6-21,23,34-37H,4-5,22,24-26H2,1-3H3,(H3,41,42,43)/t34-,35?,36+,37+/m1/s1. The molecule has 0 saturated carbocycles. The molecule has 0 radical (unpaired) electrons. The van der Waals surface area contributed by atoms with Crippen LogP contribution in [0.3, 0.4) is 0 Å². The van der Waals surface area contributed by atoms with Gasteiger partial charge in [0.15, 0.2) is 11.6 Å². The molecule has 3 N–H and O–H groups in total. The van der Waals surface area contributed by atoms with Crippen LogP contribution in [0.15, 0.2) is 103 Å². The molecular weight excluding hydrogens is 614 g/mol. The minimum absolute atomic E-state index is 0.0854. The normalized spacial score (nSPS) is 21.9. The van der Waals surface area contributed by atoms with Crippen LogP contribution in [0.4, 0.5) is 10.6 Å². The molecule has 2 aliphatic rings. The number of hydrogen-bond donors (Lipinski definition) is 2. The number of aromatic amines is 1. The summed E-state index contributed by atoms with van der Waals surface area (Å²) >= 11 is 0. The van der Waals surface area contributed by atoms with E-state index in [-0.39, 0.29) is 12.1 Å². The van der Waals surface area contributed by atoms with Crippen LogP contribution >= 0.6 is 0 Å². The predicted molar refractivity (Wildman–Crippen MR) is 191 cm³/mol. The second kappa shape index (κ2) is 13.9. The molecule has 2 amide bonds. The van der Waals surface area contributed by atoms with Gasteiger partial charge in [-0.3, -0.25) is 5.10 Å². The second-order valence-corrected chi connectivity index (χ2v) is 13.6. The van der Waals surface area contributed by atoms with Gasteiger partial charge in [-0.25, -0.2) is 4.79 Å². The third-order valence-corrected chi connectivity index (χ3v) is 9.56. The van der Waals surface area contributed by atoms with E-state index in [2.05, 4.69) is 53.5 Å². The van der Waals surface area contributed by atoms with Crippen LogP contribution in [-0.4, -0.2) is 56.7 Å². The number of H-pyrrole nitrogens is 1. The predicted octanol–water partition coefficient (Wildman–Crippen LogP) is 7.63. The lowest BCUT2D eigenvalue weighted by Gasteiger charge is -2.37. The third-order valence-electron chi connectivity index (χ3n) is 9.56. The van der Waals surface area contributed by atoms with E-state index in [0.717, 1.165) is 51.7 Å². The van der Waals surface area contributed by atoms with E-state index in [9.17, 15) is 0 Å². The summed E-state index contributed by atoms with van der Waals surface area (Å²) in [6.07, 6.45) is 1.84. The number of ether oxygens (including phenoxy) is 3. The first-order valence-corrected chi connectivity index (χ1v) is 17.3. The van der Waals surface area contributed by atoms with Gasteiger partial charge in [0.1, 0.15) is 18.0 Å². The Morgan fingerprint density at radius 1 is 0.837 bits per heavy atom. The van der Waals surface area contributed by atoms with Gasteiger partial charge in [0.2, 0.25) is 0 Å². The van der Waals surface area contributed by atoms with E-state index < -0.39 is 24.0 Å². The Morgan fingerprint density at radius 3 is 2.24 bits per heavy atom. The van der Waals surface area contributed by atoms with Crippen molar-refractivity contribution in [3.63, 3.8) is 0 Å². The molecule has 1 unspecified atom stereocenters. The second-order valence-electron chi connectivity index (χ2n) is 13.6. The number of carbonyl (C=O) groups is 1. The van der Waals surface area contributed by atoms with E-state index in [0.29, 0.717) is 31.9 Å². The van der Waals surface area contributed by atoms with Gasteiger partial charge in [-0.15, -0.1) is 0 Å². The maximum atomic E-state index is 15.3. The number of nitrogens with one attached hydrogen (secondary N) is 1. The van der Waals surface area contributed by atoms with Crippen molar-refractivity contribution in [1.29, 1.82) is 0 Å². The van der Waals surface area contributed by atoms with Gasteiger partial charge >= 0.3 is 6.03 Å². The van der Waals surface area contributed by atoms with Gasteiger partial charge in [0.05, 0.1) is 24.2 Å². The molecule has 1 aromatic heterocycles. The van der Waals surface area contributed by atoms with Gasteiger partial charge in [-0.1, -0.05) is 92.2 Å². The largest absolute Gasteiger partial charge is 0.494 e. The van der Waals surface area contributed by atoms with Gasteiger partial charge in [0, 0.05) is 18.5 Å². The summed E-state index contributed by atoms with van der Waals surface area (Å²) in [6.45, 7) is 7.49. The molecule has 9 heteroatoms. The zero-order valence-electron chi connectivity index (χ0n) is 28.4. The molecular formula is C40H45N5O4. The van der Waals surface area contributed by atoms with Crippen molar-refractivity contribution in [1.82, 2.24) is 20.0 Å². The van der Waals surface area contributed by atoms with Crippen LogP contribution in [0, 0.1) is 0 Å². The van der Waals surface area contributed by atoms with E-state index in [4.69, 9.17) is 19.9 Å². The molecule has 4 atom stereocenters. The fourth-order valence-corrected chi connectivity index (χ4v) is 7.19. The molecule has 0 bridgehead atoms. The summed E-state index contributed by atoms with van der Waals surface area (Å²) in [5, 5.41) is 8.01. The van der Waals surface area contributed by atoms with Crippen molar-refractivity contribution in [2.75, 3.05) is 12.3 Å². The number of benzene rings is 4. The van der Waals surface area contributed by atoms with Crippen LogP contribution in [0.25, 0.3) is 10.9 Å². The summed E-state index contributed by atoms with van der Waals surface area (Å²) in [6, 6.07) is 33.8. The highest BCUT2D eigenvalue weighted by Gasteiger charge is 2.56. The number of nitrogen functional groups attached to an aromatic ring is 1. The number of amides is 2. The number of unbranched alkanes of at least 4 members (excludes halogenated alkanes) is 1. The Kier molecular flexibility index (Phi) is 9.29. The van der Waals surface area contributed by atoms with Crippen LogP contribution in [0.1, 0.15) is 61.9 Å². The lowest BCUT2D eigenvalue weighted by atomic mass is 9.90. The smallest absolute Gasteiger partial charge is 0.321 e. The van der Waals surface area contributed by atoms with Crippen LogP contribution < -0.4 is 10.5 Å². The molecule has 4 aromatic carbocycles. The summed E-state index contributed by atoms with van der Waals surface area (Å²) in [7, 11) is 0. The number of hydrogen-bond acceptors (Lipinski definition) is 6. The highest BCUT2D eigenvalue weighted by atomic mass is 16.8. The molecule has 0 aliphatic carbocycles. The molecule has 7 rings (SSSR count). The van der Waals surface area contributed by atoms with Crippen molar-refractivity contribution < 1.29 is 19.0 Å². The lowest BCUT2D eigenvalue weighted by Crippen LogP contribution is -2.50. The van der Waals surface area contributed by atoms with Gasteiger partial charge < -0.3 is 29.7 Å². The summed E-state index contributed by atoms with van der Waals surface area (Å²) in [5.74, 6) is 0.408. The fourth-order valence-electron chi connectivity index (χ4n) is 7.19. The zero-order chi connectivity index (χ0) is 34.0. The quantitative estimate of drug-likeness (QED) is 0.141. The van der Waals surface area contributed by atoms with Crippen LogP contribution in [0.5, 0.6) is 5.75 Å². The molecule has 254 valence electrons. The van der Waals surface area contributed by atoms with Crippen molar-refractivity contribution in [3.8, 4) is 5.75 Å². The SMILES string of the molecule is CCCCOc1ccc(CN2C(=O)N(Cc3ccc4[nH]nc(N)c4c3)[C@H](Cc3ccccc3)[C@@H]3OC(C)(C)O[C@H]3C2c2ccccc2)cc1. The minimum atomic E-state index is -0.851. The number of nitrogens with zero attached hydrogens (tertiary/aromatic N) is 3. The minimum Gasteiger partial charge on any atom is -0.494 e. The molecule has 5 aromatic rings. The van der Waals surface area contributed by atoms with E-state index >= 15 is 4.79 Å². The Bertz CT molecular complexity index is 1860. The summed E-state index contributed by atoms with van der Waals surface area (Å²) in [5.41, 5.74) is 11.1. The number of anilines is 1. The molecule has 3 heterocycles. The third kappa shape index (κ3) is 7.00. The maximum Gasteiger partial charge on any atom is 0.321 e. The molecule has 0 spiro atoms. The van der Waals surface area contributed by atoms with Crippen molar-refractivity contribution in [2.45, 2.75) is 83.2 Å². The van der Waals surface area contributed by atoms with Gasteiger partial charge in [-0.05, 0) is 73.2 Å². The number of rotatable bonds is 11. The fraction of sp³-hybridized carbons (Fsp3) is 0.350. The Morgan fingerprint density at radius 2 is 1.51 bits per heavy atom. The van der Waals surface area contributed by atoms with Gasteiger partial charge in [0.25, 0.3) is 0 Å². The molecule has 2 aliphatic heterocycles. The molecule has 9 nitrogen and oxygen atoms in total. The number of carbonyl (C=O) groups excluding carboxylic acids is 1. The zero-order valence-corrected chi connectivity index (χ0v) is 28.4. The number of nitrogens with two attached hydrogens (primary N) is 1. The van der Waals surface area contributed by atoms with E-state index in [1.165, 1.54) is 0 Å².